The average Bonchev–Trinajstić information content (AvgIpc) is 2.75. The Balaban J connectivity index is 0.000000347. The summed E-state index contributed by atoms with van der Waals surface area (Å²) in [7, 11) is 0. The van der Waals surface area contributed by atoms with Crippen LogP contribution in [-0.4, -0.2) is 52.8 Å². The molecule has 6 heteroatoms. The Morgan fingerprint density at radius 3 is 1.25 bits per heavy atom. The van der Waals surface area contributed by atoms with Gasteiger partial charge in [-0.05, 0) is 49.9 Å². The van der Waals surface area contributed by atoms with E-state index in [1.807, 2.05) is 0 Å². The van der Waals surface area contributed by atoms with Crippen LogP contribution < -0.4 is 0 Å². The second-order valence-corrected chi connectivity index (χ2v) is 9.02. The Bertz CT molecular complexity index is 768. The first-order valence-corrected chi connectivity index (χ1v) is 12.3. The summed E-state index contributed by atoms with van der Waals surface area (Å²) in [5.41, 5.74) is 0.320. The van der Waals surface area contributed by atoms with Gasteiger partial charge in [0.1, 0.15) is 0 Å². The first kappa shape index (κ1) is 27.7. The number of hydrogen-bond acceptors (Lipinski definition) is 3. The molecule has 0 aliphatic rings. The van der Waals surface area contributed by atoms with Gasteiger partial charge in [0.2, 0.25) is 0 Å². The summed E-state index contributed by atoms with van der Waals surface area (Å²) in [6.45, 7) is 14.8. The SMILES string of the molecule is CCC[N+](CCC)(CCC)CCC.O=C(O)c1ccccc1Sc1ccccc1C(=O)O. The van der Waals surface area contributed by atoms with Gasteiger partial charge < -0.3 is 14.7 Å². The molecule has 2 aromatic rings. The molecule has 0 bridgehead atoms. The molecule has 0 unspecified atom stereocenters. The monoisotopic (exact) mass is 460 g/mol. The minimum atomic E-state index is -1.03. The van der Waals surface area contributed by atoms with Crippen LogP contribution in [0.5, 0.6) is 0 Å². The van der Waals surface area contributed by atoms with E-state index in [9.17, 15) is 9.59 Å². The fourth-order valence-corrected chi connectivity index (χ4v) is 5.21. The van der Waals surface area contributed by atoms with Crippen molar-refractivity contribution in [3.8, 4) is 0 Å². The predicted molar refractivity (Wildman–Crippen MR) is 132 cm³/mol. The van der Waals surface area contributed by atoms with Crippen LogP contribution >= 0.6 is 11.8 Å². The van der Waals surface area contributed by atoms with Crippen LogP contribution in [-0.2, 0) is 0 Å². The van der Waals surface area contributed by atoms with Crippen molar-refractivity contribution in [2.75, 3.05) is 26.2 Å². The molecular formula is C26H38NO4S+. The van der Waals surface area contributed by atoms with Gasteiger partial charge in [-0.1, -0.05) is 63.7 Å². The molecule has 2 N–H and O–H groups in total. The molecule has 0 aliphatic carbocycles. The molecule has 176 valence electrons. The smallest absolute Gasteiger partial charge is 0.336 e. The zero-order valence-corrected chi connectivity index (χ0v) is 20.7. The van der Waals surface area contributed by atoms with Crippen molar-refractivity contribution in [2.45, 2.75) is 63.2 Å². The van der Waals surface area contributed by atoms with Crippen molar-refractivity contribution in [2.24, 2.45) is 0 Å². The van der Waals surface area contributed by atoms with Crippen LogP contribution in [0.15, 0.2) is 58.3 Å². The summed E-state index contributed by atoms with van der Waals surface area (Å²) in [5.74, 6) is -2.06. The highest BCUT2D eigenvalue weighted by atomic mass is 32.2. The molecule has 5 nitrogen and oxygen atoms in total. The van der Waals surface area contributed by atoms with Crippen LogP contribution in [0.1, 0.15) is 74.1 Å². The quantitative estimate of drug-likeness (QED) is 0.346. The van der Waals surface area contributed by atoms with Gasteiger partial charge in [0.05, 0.1) is 37.3 Å². The van der Waals surface area contributed by atoms with Gasteiger partial charge in [-0.3, -0.25) is 0 Å². The predicted octanol–water partition coefficient (Wildman–Crippen LogP) is 6.68. The number of carboxylic acid groups (broad SMARTS) is 2. The van der Waals surface area contributed by atoms with E-state index >= 15 is 0 Å². The zero-order chi connectivity index (χ0) is 24.0. The Morgan fingerprint density at radius 1 is 0.656 bits per heavy atom. The van der Waals surface area contributed by atoms with Crippen LogP contribution in [0.2, 0.25) is 0 Å². The van der Waals surface area contributed by atoms with E-state index in [2.05, 4.69) is 27.7 Å². The van der Waals surface area contributed by atoms with E-state index in [0.717, 1.165) is 11.8 Å². The standard InChI is InChI=1S/C14H10O4S.C12H28N/c15-13(16)9-5-1-3-7-11(9)19-12-8-4-2-6-10(12)14(17)18;1-5-9-13(10-6-2,11-7-3)12-8-4/h1-8H,(H,15,16)(H,17,18);5-12H2,1-4H3/q;+1. The van der Waals surface area contributed by atoms with Crippen LogP contribution in [0.3, 0.4) is 0 Å². The van der Waals surface area contributed by atoms with E-state index in [-0.39, 0.29) is 11.1 Å². The molecule has 2 rings (SSSR count). The van der Waals surface area contributed by atoms with E-state index < -0.39 is 11.9 Å². The number of benzene rings is 2. The van der Waals surface area contributed by atoms with Gasteiger partial charge in [0.15, 0.2) is 0 Å². The summed E-state index contributed by atoms with van der Waals surface area (Å²) in [4.78, 5) is 23.2. The third-order valence-electron chi connectivity index (χ3n) is 5.25. The number of aromatic carboxylic acids is 2. The maximum absolute atomic E-state index is 11.1. The highest BCUT2D eigenvalue weighted by Gasteiger charge is 2.22. The molecule has 0 fully saturated rings. The van der Waals surface area contributed by atoms with Crippen molar-refractivity contribution in [1.82, 2.24) is 0 Å². The molecule has 0 aromatic heterocycles. The fraction of sp³-hybridized carbons (Fsp3) is 0.462. The lowest BCUT2D eigenvalue weighted by molar-refractivity contribution is -0.928. The zero-order valence-electron chi connectivity index (χ0n) is 19.8. The molecule has 0 atom stereocenters. The summed E-state index contributed by atoms with van der Waals surface area (Å²) < 4.78 is 1.38. The lowest BCUT2D eigenvalue weighted by Crippen LogP contribution is -2.50. The Kier molecular flexibility index (Phi) is 12.7. The molecule has 0 amide bonds. The van der Waals surface area contributed by atoms with Crippen molar-refractivity contribution < 1.29 is 24.3 Å². The van der Waals surface area contributed by atoms with E-state index in [1.54, 1.807) is 36.4 Å². The second-order valence-electron chi connectivity index (χ2n) is 7.94. The van der Waals surface area contributed by atoms with Gasteiger partial charge in [-0.25, -0.2) is 9.59 Å². The van der Waals surface area contributed by atoms with Crippen LogP contribution in [0.25, 0.3) is 0 Å². The van der Waals surface area contributed by atoms with E-state index in [1.165, 1.54) is 68.5 Å². The first-order valence-electron chi connectivity index (χ1n) is 11.5. The Hall–Kier alpha value is -2.31. The molecule has 0 spiro atoms. The normalized spacial score (nSPS) is 10.9. The number of rotatable bonds is 12. The second kappa shape index (κ2) is 14.7. The largest absolute Gasteiger partial charge is 0.478 e. The number of quaternary nitrogens is 1. The summed E-state index contributed by atoms with van der Waals surface area (Å²) in [6.07, 6.45) is 5.33. The molecule has 0 saturated carbocycles. The third-order valence-corrected chi connectivity index (χ3v) is 6.40. The van der Waals surface area contributed by atoms with Gasteiger partial charge in [0, 0.05) is 9.79 Å². The molecule has 2 aromatic carbocycles. The van der Waals surface area contributed by atoms with E-state index in [0.29, 0.717) is 9.79 Å². The first-order chi connectivity index (χ1) is 15.3. The summed E-state index contributed by atoms with van der Waals surface area (Å²) in [5, 5.41) is 18.2. The number of nitrogens with zero attached hydrogens (tertiary/aromatic N) is 1. The van der Waals surface area contributed by atoms with Crippen molar-refractivity contribution in [3.05, 3.63) is 59.7 Å². The number of carbonyl (C=O) groups is 2. The van der Waals surface area contributed by atoms with Gasteiger partial charge in [0.25, 0.3) is 0 Å². The van der Waals surface area contributed by atoms with Crippen molar-refractivity contribution in [3.63, 3.8) is 0 Å². The van der Waals surface area contributed by atoms with Gasteiger partial charge in [-0.15, -0.1) is 0 Å². The number of hydrogen-bond donors (Lipinski definition) is 2. The maximum atomic E-state index is 11.1. The molecule has 0 heterocycles. The lowest BCUT2D eigenvalue weighted by Gasteiger charge is -2.38. The van der Waals surface area contributed by atoms with Gasteiger partial charge >= 0.3 is 11.9 Å². The summed E-state index contributed by atoms with van der Waals surface area (Å²) in [6, 6.07) is 13.0. The molecule has 0 radical (unpaired) electrons. The average molecular weight is 461 g/mol. The molecule has 32 heavy (non-hydrogen) atoms. The van der Waals surface area contributed by atoms with Gasteiger partial charge in [-0.2, -0.15) is 0 Å². The summed E-state index contributed by atoms with van der Waals surface area (Å²) >= 11 is 1.14. The molecule has 0 saturated heterocycles. The maximum Gasteiger partial charge on any atom is 0.336 e. The van der Waals surface area contributed by atoms with Crippen molar-refractivity contribution >= 4 is 23.7 Å². The van der Waals surface area contributed by atoms with E-state index in [4.69, 9.17) is 10.2 Å². The Morgan fingerprint density at radius 2 is 0.969 bits per heavy atom. The Labute approximate surface area is 197 Å². The highest BCUT2D eigenvalue weighted by molar-refractivity contribution is 7.99. The van der Waals surface area contributed by atoms with Crippen LogP contribution in [0, 0.1) is 0 Å². The van der Waals surface area contributed by atoms with Crippen LogP contribution in [0.4, 0.5) is 0 Å². The minimum Gasteiger partial charge on any atom is -0.478 e. The topological polar surface area (TPSA) is 74.6 Å². The fourth-order valence-electron chi connectivity index (χ4n) is 4.15. The lowest BCUT2D eigenvalue weighted by atomic mass is 10.2. The molecular weight excluding hydrogens is 422 g/mol. The minimum absolute atomic E-state index is 0.160. The highest BCUT2D eigenvalue weighted by Crippen LogP contribution is 2.32. The third kappa shape index (κ3) is 8.67. The number of carboxylic acids is 2. The van der Waals surface area contributed by atoms with Crippen molar-refractivity contribution in [1.29, 1.82) is 0 Å². The molecule has 0 aliphatic heterocycles.